The summed E-state index contributed by atoms with van der Waals surface area (Å²) in [6, 6.07) is 3.35. The number of nitro groups is 1. The zero-order valence-electron chi connectivity index (χ0n) is 9.71. The number of hydrogen-bond donors (Lipinski definition) is 1. The van der Waals surface area contributed by atoms with Gasteiger partial charge < -0.3 is 5.32 Å². The average molecular weight is 297 g/mol. The number of hydrogen-bond acceptors (Lipinski definition) is 5. The Labute approximate surface area is 116 Å². The topological polar surface area (TPSA) is 98.0 Å². The van der Waals surface area contributed by atoms with Crippen LogP contribution in [0.4, 0.5) is 15.8 Å². The summed E-state index contributed by atoms with van der Waals surface area (Å²) in [5.41, 5.74) is -0.305. The molecular weight excluding hydrogens is 291 g/mol. The van der Waals surface area contributed by atoms with Crippen LogP contribution in [0.3, 0.4) is 0 Å². The molecule has 20 heavy (non-hydrogen) atoms. The minimum atomic E-state index is -0.709. The molecule has 2 rings (SSSR count). The molecule has 0 atom stereocenters. The van der Waals surface area contributed by atoms with Gasteiger partial charge in [-0.05, 0) is 12.1 Å². The third kappa shape index (κ3) is 3.04. The highest BCUT2D eigenvalue weighted by atomic mass is 35.5. The summed E-state index contributed by atoms with van der Waals surface area (Å²) in [6.45, 7) is 0. The van der Waals surface area contributed by atoms with E-state index in [2.05, 4.69) is 15.3 Å². The fourth-order valence-electron chi connectivity index (χ4n) is 1.34. The van der Waals surface area contributed by atoms with Gasteiger partial charge in [-0.2, -0.15) is 4.39 Å². The minimum absolute atomic E-state index is 0.162. The molecule has 1 N–H and O–H groups in total. The van der Waals surface area contributed by atoms with Crippen molar-refractivity contribution < 1.29 is 14.1 Å². The third-order valence-electron chi connectivity index (χ3n) is 2.27. The Bertz CT molecular complexity index is 678. The van der Waals surface area contributed by atoms with E-state index in [1.165, 1.54) is 6.07 Å². The van der Waals surface area contributed by atoms with Crippen molar-refractivity contribution in [2.75, 3.05) is 5.32 Å². The van der Waals surface area contributed by atoms with Gasteiger partial charge in [-0.1, -0.05) is 11.6 Å². The van der Waals surface area contributed by atoms with Gasteiger partial charge in [0.05, 0.1) is 22.4 Å². The molecule has 0 bridgehead atoms. The number of nitrogens with zero attached hydrogens (tertiary/aromatic N) is 3. The molecular formula is C11H6ClFN4O3. The van der Waals surface area contributed by atoms with Crippen LogP contribution in [0.25, 0.3) is 0 Å². The summed E-state index contributed by atoms with van der Waals surface area (Å²) < 4.78 is 12.6. The molecule has 0 fully saturated rings. The Morgan fingerprint density at radius 2 is 2.10 bits per heavy atom. The molecule has 0 saturated heterocycles. The van der Waals surface area contributed by atoms with Crippen molar-refractivity contribution >= 4 is 28.9 Å². The van der Waals surface area contributed by atoms with Gasteiger partial charge in [-0.25, -0.2) is 9.97 Å². The first-order valence-corrected chi connectivity index (χ1v) is 5.58. The number of aromatic nitrogens is 2. The van der Waals surface area contributed by atoms with Gasteiger partial charge >= 0.3 is 0 Å². The number of halogens is 2. The van der Waals surface area contributed by atoms with Crippen LogP contribution in [0.5, 0.6) is 0 Å². The van der Waals surface area contributed by atoms with Crippen molar-refractivity contribution in [3.63, 3.8) is 0 Å². The normalized spacial score (nSPS) is 10.1. The summed E-state index contributed by atoms with van der Waals surface area (Å²) in [5.74, 6) is -1.40. The van der Waals surface area contributed by atoms with Gasteiger partial charge in [0, 0.05) is 6.07 Å². The summed E-state index contributed by atoms with van der Waals surface area (Å²) in [6.07, 6.45) is 2.05. The van der Waals surface area contributed by atoms with Crippen LogP contribution < -0.4 is 5.32 Å². The van der Waals surface area contributed by atoms with Crippen molar-refractivity contribution in [3.05, 3.63) is 57.4 Å². The minimum Gasteiger partial charge on any atom is -0.320 e. The molecule has 0 unspecified atom stereocenters. The fourth-order valence-corrected chi connectivity index (χ4v) is 1.53. The van der Waals surface area contributed by atoms with Crippen LogP contribution in [0.15, 0.2) is 30.6 Å². The smallest absolute Gasteiger partial charge is 0.288 e. The van der Waals surface area contributed by atoms with E-state index in [9.17, 15) is 19.3 Å². The Balaban J connectivity index is 2.26. The van der Waals surface area contributed by atoms with Crippen LogP contribution in [0.1, 0.15) is 10.4 Å². The van der Waals surface area contributed by atoms with Gasteiger partial charge in [0.1, 0.15) is 11.3 Å². The first kappa shape index (κ1) is 13.8. The molecule has 0 saturated carbocycles. The van der Waals surface area contributed by atoms with E-state index in [1.54, 1.807) is 0 Å². The maximum Gasteiger partial charge on any atom is 0.288 e. The van der Waals surface area contributed by atoms with Crippen molar-refractivity contribution in [3.8, 4) is 0 Å². The van der Waals surface area contributed by atoms with E-state index >= 15 is 0 Å². The second-order valence-electron chi connectivity index (χ2n) is 3.61. The van der Waals surface area contributed by atoms with E-state index in [-0.39, 0.29) is 22.1 Å². The molecule has 0 radical (unpaired) electrons. The lowest BCUT2D eigenvalue weighted by Gasteiger charge is -2.05. The number of nitrogens with one attached hydrogen (secondary N) is 1. The van der Waals surface area contributed by atoms with Crippen molar-refractivity contribution in [2.24, 2.45) is 0 Å². The lowest BCUT2D eigenvalue weighted by atomic mass is 10.2. The predicted molar refractivity (Wildman–Crippen MR) is 68.0 cm³/mol. The van der Waals surface area contributed by atoms with E-state index in [0.717, 1.165) is 24.5 Å². The Morgan fingerprint density at radius 3 is 2.70 bits per heavy atom. The number of carbonyl (C=O) groups excluding carboxylic acids is 1. The molecule has 1 amide bonds. The van der Waals surface area contributed by atoms with Crippen molar-refractivity contribution in [1.82, 2.24) is 9.97 Å². The number of anilines is 1. The quantitative estimate of drug-likeness (QED) is 0.533. The molecule has 0 aliphatic heterocycles. The Hall–Kier alpha value is -2.61. The lowest BCUT2D eigenvalue weighted by molar-refractivity contribution is -0.385. The molecule has 0 spiro atoms. The molecule has 2 aromatic rings. The van der Waals surface area contributed by atoms with Crippen molar-refractivity contribution in [2.45, 2.75) is 0 Å². The summed E-state index contributed by atoms with van der Waals surface area (Å²) >= 11 is 5.72. The second kappa shape index (κ2) is 5.57. The third-order valence-corrected chi connectivity index (χ3v) is 2.57. The van der Waals surface area contributed by atoms with Crippen LogP contribution >= 0.6 is 11.6 Å². The highest BCUT2D eigenvalue weighted by Crippen LogP contribution is 2.20. The maximum atomic E-state index is 12.6. The number of carbonyl (C=O) groups is 1. The van der Waals surface area contributed by atoms with E-state index in [0.29, 0.717) is 0 Å². The molecule has 2 aromatic heterocycles. The van der Waals surface area contributed by atoms with Gasteiger partial charge in [0.15, 0.2) is 0 Å². The zero-order chi connectivity index (χ0) is 14.7. The average Bonchev–Trinajstić information content (AvgIpc) is 2.41. The first-order chi connectivity index (χ1) is 9.47. The number of pyridine rings is 2. The highest BCUT2D eigenvalue weighted by molar-refractivity contribution is 6.33. The standard InChI is InChI=1S/C11H6ClFN4O3/c12-10-8(3-7(5-15-10)17(19)20)11(18)16-6-1-2-9(13)14-4-6/h1-5H,(H,16,18). The maximum absolute atomic E-state index is 12.6. The number of rotatable bonds is 3. The monoisotopic (exact) mass is 296 g/mol. The van der Waals surface area contributed by atoms with E-state index in [4.69, 9.17) is 11.6 Å². The number of amides is 1. The molecule has 0 aliphatic rings. The van der Waals surface area contributed by atoms with Gasteiger partial charge in [0.2, 0.25) is 5.95 Å². The van der Waals surface area contributed by atoms with Crippen LogP contribution in [0.2, 0.25) is 5.15 Å². The molecule has 2 heterocycles. The van der Waals surface area contributed by atoms with Crippen LogP contribution in [0, 0.1) is 16.1 Å². The van der Waals surface area contributed by atoms with Crippen LogP contribution in [-0.4, -0.2) is 20.8 Å². The summed E-state index contributed by atoms with van der Waals surface area (Å²) in [5, 5.41) is 12.8. The van der Waals surface area contributed by atoms with Crippen molar-refractivity contribution in [1.29, 1.82) is 0 Å². The molecule has 7 nitrogen and oxygen atoms in total. The molecule has 102 valence electrons. The van der Waals surface area contributed by atoms with Gasteiger partial charge in [-0.15, -0.1) is 0 Å². The SMILES string of the molecule is O=C(Nc1ccc(F)nc1)c1cc([N+](=O)[O-])cnc1Cl. The highest BCUT2D eigenvalue weighted by Gasteiger charge is 2.17. The van der Waals surface area contributed by atoms with Gasteiger partial charge in [-0.3, -0.25) is 14.9 Å². The van der Waals surface area contributed by atoms with Gasteiger partial charge in [0.25, 0.3) is 11.6 Å². The summed E-state index contributed by atoms with van der Waals surface area (Å²) in [7, 11) is 0. The largest absolute Gasteiger partial charge is 0.320 e. The lowest BCUT2D eigenvalue weighted by Crippen LogP contribution is -2.13. The zero-order valence-corrected chi connectivity index (χ0v) is 10.5. The molecule has 0 aromatic carbocycles. The molecule has 9 heteroatoms. The fraction of sp³-hybridized carbons (Fsp3) is 0. The summed E-state index contributed by atoms with van der Waals surface area (Å²) in [4.78, 5) is 28.8. The molecule has 0 aliphatic carbocycles. The predicted octanol–water partition coefficient (Wildman–Crippen LogP) is 2.43. The Morgan fingerprint density at radius 1 is 1.35 bits per heavy atom. The second-order valence-corrected chi connectivity index (χ2v) is 3.97. The first-order valence-electron chi connectivity index (χ1n) is 5.20. The van der Waals surface area contributed by atoms with E-state index in [1.807, 2.05) is 0 Å². The van der Waals surface area contributed by atoms with E-state index < -0.39 is 16.8 Å². The Kier molecular flexibility index (Phi) is 3.85. The van der Waals surface area contributed by atoms with Crippen LogP contribution in [-0.2, 0) is 0 Å².